The number of Topliss-reactive ketones (excluding diaryl/α,β-unsaturated/α-hetero) is 1. The maximum absolute atomic E-state index is 11.4. The van der Waals surface area contributed by atoms with Gasteiger partial charge < -0.3 is 10.1 Å². The van der Waals surface area contributed by atoms with Crippen LogP contribution < -0.4 is 10.1 Å². The van der Waals surface area contributed by atoms with Crippen LogP contribution in [0.1, 0.15) is 12.5 Å². The molecule has 0 fully saturated rings. The first-order valence-corrected chi connectivity index (χ1v) is 5.01. The maximum Gasteiger partial charge on any atom is 0.224 e. The van der Waals surface area contributed by atoms with E-state index in [4.69, 9.17) is 4.74 Å². The molecule has 0 saturated heterocycles. The molecular formula is C12H15NO3. The second-order valence-electron chi connectivity index (χ2n) is 3.51. The largest absolute Gasteiger partial charge is 0.497 e. The molecule has 86 valence electrons. The fraction of sp³-hybridized carbons (Fsp3) is 0.333. The van der Waals surface area contributed by atoms with Crippen molar-refractivity contribution < 1.29 is 14.3 Å². The Morgan fingerprint density at radius 2 is 2.12 bits per heavy atom. The molecule has 1 aromatic carbocycles. The Bertz CT molecular complexity index is 388. The van der Waals surface area contributed by atoms with Gasteiger partial charge in [-0.3, -0.25) is 9.59 Å². The van der Waals surface area contributed by atoms with Crippen molar-refractivity contribution in [1.29, 1.82) is 0 Å². The summed E-state index contributed by atoms with van der Waals surface area (Å²) in [5, 5.41) is 2.54. The van der Waals surface area contributed by atoms with E-state index in [0.717, 1.165) is 11.3 Å². The highest BCUT2D eigenvalue weighted by atomic mass is 16.5. The fourth-order valence-electron chi connectivity index (χ4n) is 1.25. The van der Waals surface area contributed by atoms with Crippen LogP contribution in [0.4, 0.5) is 0 Å². The van der Waals surface area contributed by atoms with Crippen LogP contribution in [0.15, 0.2) is 24.3 Å². The van der Waals surface area contributed by atoms with Gasteiger partial charge in [-0.25, -0.2) is 0 Å². The average Bonchev–Trinajstić information content (AvgIpc) is 2.26. The number of amides is 1. The summed E-state index contributed by atoms with van der Waals surface area (Å²) in [6, 6.07) is 7.28. The first-order valence-electron chi connectivity index (χ1n) is 5.01. The van der Waals surface area contributed by atoms with E-state index in [1.54, 1.807) is 13.2 Å². The Hall–Kier alpha value is -1.84. The number of hydrogen-bond donors (Lipinski definition) is 1. The van der Waals surface area contributed by atoms with Crippen LogP contribution in [0.5, 0.6) is 5.75 Å². The first kappa shape index (κ1) is 12.2. The topological polar surface area (TPSA) is 55.4 Å². The molecule has 0 heterocycles. The van der Waals surface area contributed by atoms with Gasteiger partial charge in [-0.15, -0.1) is 0 Å². The van der Waals surface area contributed by atoms with Gasteiger partial charge in [0.2, 0.25) is 5.91 Å². The molecule has 0 saturated carbocycles. The lowest BCUT2D eigenvalue weighted by Gasteiger charge is -2.05. The van der Waals surface area contributed by atoms with Crippen molar-refractivity contribution in [3.63, 3.8) is 0 Å². The minimum Gasteiger partial charge on any atom is -0.497 e. The summed E-state index contributed by atoms with van der Waals surface area (Å²) in [6.45, 7) is 1.52. The summed E-state index contributed by atoms with van der Waals surface area (Å²) in [7, 11) is 1.58. The summed E-state index contributed by atoms with van der Waals surface area (Å²) in [4.78, 5) is 22.1. The normalized spacial score (nSPS) is 9.62. The monoisotopic (exact) mass is 221 g/mol. The molecule has 4 heteroatoms. The SMILES string of the molecule is COc1cccc(CC(=O)NCC(C)=O)c1. The van der Waals surface area contributed by atoms with Crippen LogP contribution in [0.3, 0.4) is 0 Å². The molecule has 0 radical (unpaired) electrons. The van der Waals surface area contributed by atoms with Crippen LogP contribution in [0.25, 0.3) is 0 Å². The van der Waals surface area contributed by atoms with Gasteiger partial charge in [-0.2, -0.15) is 0 Å². The average molecular weight is 221 g/mol. The number of rotatable bonds is 5. The predicted octanol–water partition coefficient (Wildman–Crippen LogP) is 0.943. The smallest absolute Gasteiger partial charge is 0.224 e. The number of carbonyl (C=O) groups is 2. The van der Waals surface area contributed by atoms with Gasteiger partial charge in [0, 0.05) is 0 Å². The molecule has 0 bridgehead atoms. The molecule has 0 unspecified atom stereocenters. The molecule has 0 aliphatic carbocycles. The molecule has 0 atom stereocenters. The third-order valence-corrected chi connectivity index (χ3v) is 2.03. The van der Waals surface area contributed by atoms with E-state index >= 15 is 0 Å². The second kappa shape index (κ2) is 5.90. The van der Waals surface area contributed by atoms with E-state index in [9.17, 15) is 9.59 Å². The van der Waals surface area contributed by atoms with E-state index in [0.29, 0.717) is 0 Å². The van der Waals surface area contributed by atoms with Gasteiger partial charge in [0.1, 0.15) is 11.5 Å². The van der Waals surface area contributed by atoms with Crippen molar-refractivity contribution in [2.45, 2.75) is 13.3 Å². The van der Waals surface area contributed by atoms with Gasteiger partial charge in [0.25, 0.3) is 0 Å². The number of nitrogens with one attached hydrogen (secondary N) is 1. The van der Waals surface area contributed by atoms with E-state index in [1.807, 2.05) is 18.2 Å². The number of benzene rings is 1. The van der Waals surface area contributed by atoms with Gasteiger partial charge in [0.15, 0.2) is 0 Å². The van der Waals surface area contributed by atoms with E-state index in [-0.39, 0.29) is 24.7 Å². The Morgan fingerprint density at radius 3 is 2.75 bits per heavy atom. The zero-order valence-electron chi connectivity index (χ0n) is 9.45. The van der Waals surface area contributed by atoms with Crippen molar-refractivity contribution in [2.75, 3.05) is 13.7 Å². The molecule has 16 heavy (non-hydrogen) atoms. The molecule has 1 aromatic rings. The van der Waals surface area contributed by atoms with Crippen LogP contribution in [0, 0.1) is 0 Å². The number of methoxy groups -OCH3 is 1. The molecule has 0 aliphatic rings. The quantitative estimate of drug-likeness (QED) is 0.805. The third kappa shape index (κ3) is 4.13. The molecule has 0 spiro atoms. The molecule has 0 aliphatic heterocycles. The van der Waals surface area contributed by atoms with Crippen molar-refractivity contribution in [3.05, 3.63) is 29.8 Å². The predicted molar refractivity (Wildman–Crippen MR) is 60.4 cm³/mol. The Kier molecular flexibility index (Phi) is 4.51. The molecule has 0 aromatic heterocycles. The highest BCUT2D eigenvalue weighted by Gasteiger charge is 2.04. The van der Waals surface area contributed by atoms with E-state index in [2.05, 4.69) is 5.32 Å². The van der Waals surface area contributed by atoms with Crippen LogP contribution >= 0.6 is 0 Å². The first-order chi connectivity index (χ1) is 7.61. The number of ketones is 1. The minimum absolute atomic E-state index is 0.0565. The lowest BCUT2D eigenvalue weighted by molar-refractivity contribution is -0.124. The zero-order valence-corrected chi connectivity index (χ0v) is 9.45. The Labute approximate surface area is 94.6 Å². The van der Waals surface area contributed by atoms with Gasteiger partial charge >= 0.3 is 0 Å². The highest BCUT2D eigenvalue weighted by molar-refractivity contribution is 5.85. The third-order valence-electron chi connectivity index (χ3n) is 2.03. The zero-order chi connectivity index (χ0) is 12.0. The summed E-state index contributed by atoms with van der Waals surface area (Å²) < 4.78 is 5.05. The van der Waals surface area contributed by atoms with Crippen LogP contribution in [-0.2, 0) is 16.0 Å². The number of ether oxygens (including phenoxy) is 1. The lowest BCUT2D eigenvalue weighted by Crippen LogP contribution is -2.29. The maximum atomic E-state index is 11.4. The van der Waals surface area contributed by atoms with Crippen molar-refractivity contribution in [3.8, 4) is 5.75 Å². The van der Waals surface area contributed by atoms with Crippen molar-refractivity contribution in [1.82, 2.24) is 5.32 Å². The number of carbonyl (C=O) groups excluding carboxylic acids is 2. The van der Waals surface area contributed by atoms with Crippen LogP contribution in [-0.4, -0.2) is 25.3 Å². The molecule has 1 amide bonds. The van der Waals surface area contributed by atoms with Crippen LogP contribution in [0.2, 0.25) is 0 Å². The molecule has 1 rings (SSSR count). The Balaban J connectivity index is 2.52. The highest BCUT2D eigenvalue weighted by Crippen LogP contribution is 2.12. The Morgan fingerprint density at radius 1 is 1.38 bits per heavy atom. The van der Waals surface area contributed by atoms with Crippen molar-refractivity contribution in [2.24, 2.45) is 0 Å². The van der Waals surface area contributed by atoms with E-state index in [1.165, 1.54) is 6.92 Å². The standard InChI is InChI=1S/C12H15NO3/c1-9(14)8-13-12(15)7-10-4-3-5-11(6-10)16-2/h3-6H,7-8H2,1-2H3,(H,13,15). The van der Waals surface area contributed by atoms with Gasteiger partial charge in [-0.05, 0) is 24.6 Å². The van der Waals surface area contributed by atoms with Crippen molar-refractivity contribution >= 4 is 11.7 Å². The summed E-state index contributed by atoms with van der Waals surface area (Å²) in [5.74, 6) is 0.499. The minimum atomic E-state index is -0.163. The number of hydrogen-bond acceptors (Lipinski definition) is 3. The molecule has 4 nitrogen and oxygen atoms in total. The fourth-order valence-corrected chi connectivity index (χ4v) is 1.25. The summed E-state index contributed by atoms with van der Waals surface area (Å²) in [5.41, 5.74) is 0.861. The van der Waals surface area contributed by atoms with Gasteiger partial charge in [0.05, 0.1) is 20.1 Å². The molecule has 1 N–H and O–H groups in total. The van der Waals surface area contributed by atoms with Gasteiger partial charge in [-0.1, -0.05) is 12.1 Å². The lowest BCUT2D eigenvalue weighted by atomic mass is 10.1. The molecular weight excluding hydrogens is 206 g/mol. The van der Waals surface area contributed by atoms with E-state index < -0.39 is 0 Å². The summed E-state index contributed by atoms with van der Waals surface area (Å²) >= 11 is 0. The summed E-state index contributed by atoms with van der Waals surface area (Å²) in [6.07, 6.45) is 0.254. The second-order valence-corrected chi connectivity index (χ2v) is 3.51.